The second-order valence-electron chi connectivity index (χ2n) is 6.39. The Labute approximate surface area is 116 Å². The molecule has 1 unspecified atom stereocenters. The monoisotopic (exact) mass is 260 g/mol. The molecule has 0 bridgehead atoms. The summed E-state index contributed by atoms with van der Waals surface area (Å²) in [6, 6.07) is 4.24. The third-order valence-corrected chi connectivity index (χ3v) is 4.05. The number of ether oxygens (including phenoxy) is 1. The van der Waals surface area contributed by atoms with Crippen molar-refractivity contribution in [2.24, 2.45) is 5.41 Å². The molecule has 2 nitrogen and oxygen atoms in total. The summed E-state index contributed by atoms with van der Waals surface area (Å²) in [4.78, 5) is 0. The van der Waals surface area contributed by atoms with E-state index in [0.717, 1.165) is 24.2 Å². The molecule has 1 N–H and O–H groups in total. The first-order valence-corrected chi connectivity index (χ1v) is 6.87. The SMILES string of the molecule is COc1c(C2=CC(O)CC(C)(C)C2)ccc(C)c1C. The summed E-state index contributed by atoms with van der Waals surface area (Å²) in [5.41, 5.74) is 4.87. The molecule has 0 fully saturated rings. The average molecular weight is 260 g/mol. The van der Waals surface area contributed by atoms with Crippen LogP contribution >= 0.6 is 0 Å². The highest BCUT2D eigenvalue weighted by Crippen LogP contribution is 2.43. The molecule has 1 aromatic carbocycles. The number of aliphatic hydroxyl groups is 1. The van der Waals surface area contributed by atoms with Crippen molar-refractivity contribution in [2.75, 3.05) is 7.11 Å². The zero-order chi connectivity index (χ0) is 14.2. The van der Waals surface area contributed by atoms with E-state index in [4.69, 9.17) is 4.74 Å². The standard InChI is InChI=1S/C17H24O2/c1-11-6-7-15(16(19-5)12(11)2)13-8-14(18)10-17(3,4)9-13/h6-8,14,18H,9-10H2,1-5H3. The van der Waals surface area contributed by atoms with E-state index in [2.05, 4.69) is 39.8 Å². The molecule has 0 saturated carbocycles. The van der Waals surface area contributed by atoms with Crippen LogP contribution < -0.4 is 4.74 Å². The van der Waals surface area contributed by atoms with Crippen LogP contribution in [0.25, 0.3) is 5.57 Å². The van der Waals surface area contributed by atoms with Crippen LogP contribution in [0, 0.1) is 19.3 Å². The quantitative estimate of drug-likeness (QED) is 0.874. The maximum atomic E-state index is 10.0. The highest BCUT2D eigenvalue weighted by molar-refractivity contribution is 5.74. The third kappa shape index (κ3) is 2.84. The van der Waals surface area contributed by atoms with Gasteiger partial charge in [0, 0.05) is 5.56 Å². The topological polar surface area (TPSA) is 29.5 Å². The van der Waals surface area contributed by atoms with Crippen LogP contribution in [-0.2, 0) is 0 Å². The van der Waals surface area contributed by atoms with Crippen molar-refractivity contribution in [2.45, 2.75) is 46.6 Å². The van der Waals surface area contributed by atoms with Gasteiger partial charge in [-0.25, -0.2) is 0 Å². The predicted molar refractivity (Wildman–Crippen MR) is 79.5 cm³/mol. The van der Waals surface area contributed by atoms with Crippen LogP contribution in [0.4, 0.5) is 0 Å². The Kier molecular flexibility index (Phi) is 3.73. The predicted octanol–water partition coefficient (Wildman–Crippen LogP) is 3.88. The first-order valence-electron chi connectivity index (χ1n) is 6.87. The number of allylic oxidation sites excluding steroid dienone is 1. The molecule has 0 saturated heterocycles. The molecule has 2 rings (SSSR count). The fraction of sp³-hybridized carbons (Fsp3) is 0.529. The van der Waals surface area contributed by atoms with E-state index in [1.165, 1.54) is 16.7 Å². The molecule has 1 aromatic rings. The van der Waals surface area contributed by atoms with Crippen molar-refractivity contribution in [1.82, 2.24) is 0 Å². The molecule has 0 aliphatic heterocycles. The summed E-state index contributed by atoms with van der Waals surface area (Å²) >= 11 is 0. The van der Waals surface area contributed by atoms with Crippen LogP contribution in [0.15, 0.2) is 18.2 Å². The number of benzene rings is 1. The summed E-state index contributed by atoms with van der Waals surface area (Å²) in [6.45, 7) is 8.59. The van der Waals surface area contributed by atoms with Gasteiger partial charge >= 0.3 is 0 Å². The van der Waals surface area contributed by atoms with E-state index >= 15 is 0 Å². The summed E-state index contributed by atoms with van der Waals surface area (Å²) in [5, 5.41) is 10.0. The van der Waals surface area contributed by atoms with Gasteiger partial charge in [0.2, 0.25) is 0 Å². The molecule has 0 aromatic heterocycles. The third-order valence-electron chi connectivity index (χ3n) is 4.05. The minimum Gasteiger partial charge on any atom is -0.496 e. The Morgan fingerprint density at radius 3 is 2.53 bits per heavy atom. The van der Waals surface area contributed by atoms with Crippen LogP contribution in [0.5, 0.6) is 5.75 Å². The highest BCUT2D eigenvalue weighted by Gasteiger charge is 2.29. The van der Waals surface area contributed by atoms with Crippen molar-refractivity contribution in [3.05, 3.63) is 34.9 Å². The van der Waals surface area contributed by atoms with Crippen molar-refractivity contribution in [3.8, 4) is 5.75 Å². The normalized spacial score (nSPS) is 22.0. The Balaban J connectivity index is 2.50. The first kappa shape index (κ1) is 14.1. The van der Waals surface area contributed by atoms with Gasteiger partial charge in [-0.15, -0.1) is 0 Å². The lowest BCUT2D eigenvalue weighted by atomic mass is 9.74. The fourth-order valence-electron chi connectivity index (χ4n) is 3.00. The number of methoxy groups -OCH3 is 1. The lowest BCUT2D eigenvalue weighted by Gasteiger charge is -2.33. The van der Waals surface area contributed by atoms with Crippen LogP contribution in [0.2, 0.25) is 0 Å². The molecule has 0 heterocycles. The minimum absolute atomic E-state index is 0.132. The zero-order valence-corrected chi connectivity index (χ0v) is 12.6. The van der Waals surface area contributed by atoms with Crippen molar-refractivity contribution in [3.63, 3.8) is 0 Å². The van der Waals surface area contributed by atoms with E-state index in [0.29, 0.717) is 0 Å². The van der Waals surface area contributed by atoms with Gasteiger partial charge in [0.05, 0.1) is 13.2 Å². The van der Waals surface area contributed by atoms with Gasteiger partial charge in [0.15, 0.2) is 0 Å². The van der Waals surface area contributed by atoms with Crippen LogP contribution in [-0.4, -0.2) is 18.3 Å². The largest absolute Gasteiger partial charge is 0.496 e. The molecule has 0 amide bonds. The number of rotatable bonds is 2. The second-order valence-corrected chi connectivity index (χ2v) is 6.39. The first-order chi connectivity index (χ1) is 8.84. The smallest absolute Gasteiger partial charge is 0.129 e. The number of aliphatic hydroxyl groups excluding tert-OH is 1. The molecular formula is C17H24O2. The lowest BCUT2D eigenvalue weighted by Crippen LogP contribution is -2.24. The molecule has 2 heteroatoms. The van der Waals surface area contributed by atoms with E-state index < -0.39 is 0 Å². The van der Waals surface area contributed by atoms with Gasteiger partial charge in [-0.1, -0.05) is 32.1 Å². The lowest BCUT2D eigenvalue weighted by molar-refractivity contribution is 0.146. The van der Waals surface area contributed by atoms with Crippen molar-refractivity contribution >= 4 is 5.57 Å². The zero-order valence-electron chi connectivity index (χ0n) is 12.6. The Morgan fingerprint density at radius 2 is 1.95 bits per heavy atom. The van der Waals surface area contributed by atoms with E-state index in [-0.39, 0.29) is 11.5 Å². The molecule has 104 valence electrons. The maximum absolute atomic E-state index is 10.0. The number of hydrogen-bond donors (Lipinski definition) is 1. The summed E-state index contributed by atoms with van der Waals surface area (Å²) < 4.78 is 5.59. The van der Waals surface area contributed by atoms with Gasteiger partial charge in [-0.3, -0.25) is 0 Å². The molecule has 1 aliphatic carbocycles. The fourth-order valence-corrected chi connectivity index (χ4v) is 3.00. The Bertz CT molecular complexity index is 512. The van der Waals surface area contributed by atoms with E-state index in [1.807, 2.05) is 6.08 Å². The Morgan fingerprint density at radius 1 is 1.26 bits per heavy atom. The summed E-state index contributed by atoms with van der Waals surface area (Å²) in [5.74, 6) is 0.941. The van der Waals surface area contributed by atoms with E-state index in [9.17, 15) is 5.11 Å². The van der Waals surface area contributed by atoms with Crippen LogP contribution in [0.1, 0.15) is 43.4 Å². The van der Waals surface area contributed by atoms with Gasteiger partial charge in [0.25, 0.3) is 0 Å². The highest BCUT2D eigenvalue weighted by atomic mass is 16.5. The summed E-state index contributed by atoms with van der Waals surface area (Å²) in [6.07, 6.45) is 3.43. The van der Waals surface area contributed by atoms with Crippen molar-refractivity contribution in [1.29, 1.82) is 0 Å². The molecule has 0 radical (unpaired) electrons. The van der Waals surface area contributed by atoms with Gasteiger partial charge in [0.1, 0.15) is 5.75 Å². The van der Waals surface area contributed by atoms with Gasteiger partial charge in [-0.2, -0.15) is 0 Å². The molecule has 1 atom stereocenters. The minimum atomic E-state index is -0.356. The van der Waals surface area contributed by atoms with E-state index in [1.54, 1.807) is 7.11 Å². The summed E-state index contributed by atoms with van der Waals surface area (Å²) in [7, 11) is 1.72. The second kappa shape index (κ2) is 5.01. The van der Waals surface area contributed by atoms with Gasteiger partial charge < -0.3 is 9.84 Å². The average Bonchev–Trinajstić information content (AvgIpc) is 2.29. The molecular weight excluding hydrogens is 236 g/mol. The molecule has 1 aliphatic rings. The maximum Gasteiger partial charge on any atom is 0.129 e. The van der Waals surface area contributed by atoms with Gasteiger partial charge in [-0.05, 0) is 48.8 Å². The number of aryl methyl sites for hydroxylation is 1. The molecule has 19 heavy (non-hydrogen) atoms. The Hall–Kier alpha value is -1.28. The van der Waals surface area contributed by atoms with Crippen molar-refractivity contribution < 1.29 is 9.84 Å². The van der Waals surface area contributed by atoms with Crippen LogP contribution in [0.3, 0.4) is 0 Å². The molecule has 0 spiro atoms. The number of hydrogen-bond acceptors (Lipinski definition) is 2.